The lowest BCUT2D eigenvalue weighted by Crippen LogP contribution is -1.96. The molecular weight excluding hydrogens is 679 g/mol. The molecule has 0 aliphatic heterocycles. The molecule has 260 valence electrons. The number of aromatic nitrogens is 2. The lowest BCUT2D eigenvalue weighted by Gasteiger charge is -2.12. The van der Waals surface area contributed by atoms with Crippen molar-refractivity contribution in [2.24, 2.45) is 0 Å². The second kappa shape index (κ2) is 14.0. The van der Waals surface area contributed by atoms with Gasteiger partial charge in [0.25, 0.3) is 0 Å². The molecule has 10 rings (SSSR count). The van der Waals surface area contributed by atoms with Gasteiger partial charge in [-0.1, -0.05) is 176 Å². The van der Waals surface area contributed by atoms with Crippen LogP contribution in [0, 0.1) is 11.3 Å². The number of rotatable bonds is 4. The Labute approximate surface area is 324 Å². The van der Waals surface area contributed by atoms with E-state index in [-0.39, 0.29) is 0 Å². The summed E-state index contributed by atoms with van der Waals surface area (Å²) in [5, 5.41) is 21.2. The third kappa shape index (κ3) is 5.87. The van der Waals surface area contributed by atoms with Gasteiger partial charge in [0, 0.05) is 16.7 Å². The van der Waals surface area contributed by atoms with E-state index < -0.39 is 0 Å². The van der Waals surface area contributed by atoms with Gasteiger partial charge in [0.1, 0.15) is 0 Å². The summed E-state index contributed by atoms with van der Waals surface area (Å²) in [4.78, 5) is 10.5. The predicted octanol–water partition coefficient (Wildman–Crippen LogP) is 13.9. The third-order valence-corrected chi connectivity index (χ3v) is 10.8. The van der Waals surface area contributed by atoms with Crippen LogP contribution in [0.3, 0.4) is 0 Å². The number of hydrogen-bond acceptors (Lipinski definition) is 3. The van der Waals surface area contributed by atoms with Crippen LogP contribution in [-0.4, -0.2) is 9.97 Å². The first-order valence-corrected chi connectivity index (χ1v) is 18.8. The molecule has 0 saturated heterocycles. The van der Waals surface area contributed by atoms with Gasteiger partial charge < -0.3 is 0 Å². The fourth-order valence-corrected chi connectivity index (χ4v) is 8.00. The third-order valence-electron chi connectivity index (χ3n) is 10.8. The predicted molar refractivity (Wildman–Crippen MR) is 234 cm³/mol. The summed E-state index contributed by atoms with van der Waals surface area (Å²) in [6.45, 7) is 0. The zero-order valence-corrected chi connectivity index (χ0v) is 30.4. The molecule has 0 N–H and O–H groups in total. The quantitative estimate of drug-likeness (QED) is 0.183. The zero-order valence-electron chi connectivity index (χ0n) is 30.4. The van der Waals surface area contributed by atoms with Gasteiger partial charge in [0.15, 0.2) is 5.82 Å². The molecule has 1 heterocycles. The van der Waals surface area contributed by atoms with Crippen molar-refractivity contribution in [1.82, 2.24) is 9.97 Å². The van der Waals surface area contributed by atoms with E-state index in [4.69, 9.17) is 9.97 Å². The second-order valence-electron chi connectivity index (χ2n) is 14.0. The highest BCUT2D eigenvalue weighted by Crippen LogP contribution is 2.38. The summed E-state index contributed by atoms with van der Waals surface area (Å²) in [6.07, 6.45) is 0. The second-order valence-corrected chi connectivity index (χ2v) is 14.0. The van der Waals surface area contributed by atoms with Crippen molar-refractivity contribution in [1.29, 1.82) is 5.26 Å². The molecule has 9 aromatic carbocycles. The van der Waals surface area contributed by atoms with Crippen LogP contribution in [0.4, 0.5) is 0 Å². The molecule has 0 aliphatic carbocycles. The topological polar surface area (TPSA) is 49.6 Å². The number of nitrogens with zero attached hydrogens (tertiary/aromatic N) is 3. The summed E-state index contributed by atoms with van der Waals surface area (Å²) in [5.74, 6) is 0.630. The Morgan fingerprint density at radius 2 is 0.625 bits per heavy atom. The van der Waals surface area contributed by atoms with E-state index in [1.807, 2.05) is 36.4 Å². The highest BCUT2D eigenvalue weighted by Gasteiger charge is 2.14. The molecule has 0 bridgehead atoms. The summed E-state index contributed by atoms with van der Waals surface area (Å²) in [5.41, 5.74) is 7.37. The Morgan fingerprint density at radius 1 is 0.286 bits per heavy atom. The van der Waals surface area contributed by atoms with Crippen LogP contribution >= 0.6 is 0 Å². The van der Waals surface area contributed by atoms with Gasteiger partial charge >= 0.3 is 0 Å². The first-order chi connectivity index (χ1) is 27.7. The van der Waals surface area contributed by atoms with Crippen LogP contribution in [0.25, 0.3) is 98.9 Å². The van der Waals surface area contributed by atoms with Crippen LogP contribution in [0.15, 0.2) is 200 Å². The van der Waals surface area contributed by atoms with E-state index in [1.54, 1.807) is 0 Å². The van der Waals surface area contributed by atoms with Crippen molar-refractivity contribution in [2.75, 3.05) is 0 Å². The normalized spacial score (nSPS) is 11.2. The molecule has 0 unspecified atom stereocenters. The zero-order chi connectivity index (χ0) is 37.4. The minimum Gasteiger partial charge on any atom is -0.228 e. The van der Waals surface area contributed by atoms with Gasteiger partial charge in [-0.3, -0.25) is 0 Å². The van der Waals surface area contributed by atoms with Crippen molar-refractivity contribution < 1.29 is 0 Å². The SMILES string of the molecule is N#Cc1ccc(-c2cc(-c3ccc(-c4ccccc4)cc3)nc(-c3ccc4c5ccccc5c5ccccc5c5ccccc5c5ccccc5c4c3)n2)cc1. The lowest BCUT2D eigenvalue weighted by molar-refractivity contribution is 1.18. The average molecular weight is 712 g/mol. The molecule has 0 amide bonds. The Bertz CT molecular complexity index is 3160. The van der Waals surface area contributed by atoms with Crippen LogP contribution in [0.2, 0.25) is 0 Å². The van der Waals surface area contributed by atoms with Gasteiger partial charge in [-0.2, -0.15) is 5.26 Å². The van der Waals surface area contributed by atoms with Crippen molar-refractivity contribution in [3.05, 3.63) is 206 Å². The fraction of sp³-hybridized carbons (Fsp3) is 0. The maximum Gasteiger partial charge on any atom is 0.160 e. The summed E-state index contributed by atoms with van der Waals surface area (Å²) in [6, 6.07) is 72.5. The number of hydrogen-bond donors (Lipinski definition) is 0. The van der Waals surface area contributed by atoms with Crippen LogP contribution in [0.1, 0.15) is 5.56 Å². The van der Waals surface area contributed by atoms with Gasteiger partial charge in [0.2, 0.25) is 0 Å². The Morgan fingerprint density at radius 3 is 1.07 bits per heavy atom. The maximum atomic E-state index is 9.51. The standard InChI is InChI=1S/C53H33N3/c54-34-35-22-24-38(25-23-35)51-33-52(39-28-26-37(27-29-39)36-12-2-1-3-13-36)56-53(55-51)40-30-31-49-47-20-9-8-18-45(47)43-16-5-4-14-41(43)42-15-6-7-17-44(42)46-19-10-11-21-48(46)50(49)32-40/h1-33H. The first-order valence-electron chi connectivity index (χ1n) is 18.8. The van der Waals surface area contributed by atoms with Crippen LogP contribution < -0.4 is 0 Å². The molecule has 0 aliphatic rings. The van der Waals surface area contributed by atoms with Gasteiger partial charge in [-0.25, -0.2) is 9.97 Å². The molecule has 3 nitrogen and oxygen atoms in total. The highest BCUT2D eigenvalue weighted by atomic mass is 14.9. The van der Waals surface area contributed by atoms with Crippen molar-refractivity contribution in [3.63, 3.8) is 0 Å². The van der Waals surface area contributed by atoms with E-state index in [2.05, 4.69) is 170 Å². The molecule has 56 heavy (non-hydrogen) atoms. The Hall–Kier alpha value is -7.67. The molecule has 0 atom stereocenters. The van der Waals surface area contributed by atoms with Crippen molar-refractivity contribution in [2.45, 2.75) is 0 Å². The lowest BCUT2D eigenvalue weighted by atomic mass is 9.93. The highest BCUT2D eigenvalue weighted by molar-refractivity contribution is 6.26. The number of nitriles is 1. The van der Waals surface area contributed by atoms with Crippen molar-refractivity contribution in [3.8, 4) is 51.1 Å². The van der Waals surface area contributed by atoms with Crippen LogP contribution in [0.5, 0.6) is 0 Å². The molecule has 1 aromatic heterocycles. The van der Waals surface area contributed by atoms with Crippen LogP contribution in [-0.2, 0) is 0 Å². The molecule has 3 heteroatoms. The smallest absolute Gasteiger partial charge is 0.160 e. The monoisotopic (exact) mass is 711 g/mol. The Kier molecular flexibility index (Phi) is 8.21. The summed E-state index contributed by atoms with van der Waals surface area (Å²) in [7, 11) is 0. The number of benzene rings is 8. The summed E-state index contributed by atoms with van der Waals surface area (Å²) >= 11 is 0. The molecule has 0 fully saturated rings. The maximum absolute atomic E-state index is 9.51. The average Bonchev–Trinajstić information content (AvgIpc) is 3.29. The van der Waals surface area contributed by atoms with E-state index in [9.17, 15) is 5.26 Å². The largest absolute Gasteiger partial charge is 0.228 e. The molecule has 0 spiro atoms. The minimum atomic E-state index is 0.608. The molecular formula is C53H33N3. The number of fused-ring (bicyclic) bond motifs is 10. The fourth-order valence-electron chi connectivity index (χ4n) is 8.00. The van der Waals surface area contributed by atoms with Gasteiger partial charge in [-0.15, -0.1) is 0 Å². The van der Waals surface area contributed by atoms with E-state index >= 15 is 0 Å². The summed E-state index contributed by atoms with van der Waals surface area (Å²) < 4.78 is 0. The minimum absolute atomic E-state index is 0.608. The Balaban J connectivity index is 1.27. The molecule has 0 saturated carbocycles. The van der Waals surface area contributed by atoms with Gasteiger partial charge in [0.05, 0.1) is 23.0 Å². The van der Waals surface area contributed by atoms with Crippen molar-refractivity contribution >= 4 is 53.9 Å². The van der Waals surface area contributed by atoms with E-state index in [0.29, 0.717) is 11.4 Å². The molecule has 10 aromatic rings. The van der Waals surface area contributed by atoms with E-state index in [0.717, 1.165) is 49.8 Å². The molecule has 0 radical (unpaired) electrons. The first kappa shape index (κ1) is 32.9. The van der Waals surface area contributed by atoms with E-state index in [1.165, 1.54) is 43.3 Å². The van der Waals surface area contributed by atoms with Gasteiger partial charge in [-0.05, 0) is 89.3 Å².